The number of hydrogen-bond acceptors (Lipinski definition) is 4. The smallest absolute Gasteiger partial charge is 0.145 e. The summed E-state index contributed by atoms with van der Waals surface area (Å²) < 4.78 is 17.9. The van der Waals surface area contributed by atoms with Gasteiger partial charge in [-0.1, -0.05) is 146 Å². The van der Waals surface area contributed by atoms with Gasteiger partial charge in [-0.2, -0.15) is 0 Å². The van der Waals surface area contributed by atoms with Gasteiger partial charge in [0.25, 0.3) is 0 Å². The summed E-state index contributed by atoms with van der Waals surface area (Å²) in [5.74, 6) is 0. The molecule has 10 aromatic carbocycles. The number of furan rings is 2. The Balaban J connectivity index is 0.927. The second kappa shape index (κ2) is 16.1. The van der Waals surface area contributed by atoms with E-state index in [0.717, 1.165) is 101 Å². The molecular weight excluding hydrogens is 893 g/mol. The summed E-state index contributed by atoms with van der Waals surface area (Å²) in [7, 11) is 2.20. The van der Waals surface area contributed by atoms with Crippen molar-refractivity contribution in [2.75, 3.05) is 0 Å². The first kappa shape index (κ1) is 41.4. The minimum atomic E-state index is -0.373. The van der Waals surface area contributed by atoms with Crippen LogP contribution in [0, 0.1) is 0 Å². The highest BCUT2D eigenvalue weighted by Gasteiger charge is 2.28. The van der Waals surface area contributed by atoms with Gasteiger partial charge in [-0.3, -0.25) is 4.99 Å². The first-order chi connectivity index (χ1) is 36.1. The fourth-order valence-corrected chi connectivity index (χ4v) is 12.0. The molecule has 346 valence electrons. The number of aliphatic imine (C=N–C) groups is 1. The van der Waals surface area contributed by atoms with Gasteiger partial charge in [0.15, 0.2) is 0 Å². The van der Waals surface area contributed by atoms with Crippen LogP contribution in [0.2, 0.25) is 0 Å². The molecule has 14 aromatic rings. The Labute approximate surface area is 420 Å². The maximum atomic E-state index is 6.77. The van der Waals surface area contributed by atoms with E-state index in [4.69, 9.17) is 13.8 Å². The van der Waals surface area contributed by atoms with Crippen LogP contribution in [0.1, 0.15) is 36.2 Å². The molecule has 6 nitrogen and oxygen atoms in total. The van der Waals surface area contributed by atoms with E-state index in [0.29, 0.717) is 0 Å². The maximum absolute atomic E-state index is 6.77. The van der Waals surface area contributed by atoms with E-state index in [1.165, 1.54) is 54.7 Å². The zero-order valence-corrected chi connectivity index (χ0v) is 40.2. The highest BCUT2D eigenvalue weighted by atomic mass is 16.3. The molecule has 1 N–H and O–H groups in total. The number of allylic oxidation sites excluding steroid dienone is 1. The number of aryl methyl sites for hydroxylation is 1. The second-order valence-electron chi connectivity index (χ2n) is 19.4. The second-order valence-corrected chi connectivity index (χ2v) is 19.4. The van der Waals surface area contributed by atoms with Crippen LogP contribution in [0.5, 0.6) is 0 Å². The highest BCUT2D eigenvalue weighted by Crippen LogP contribution is 2.44. The van der Waals surface area contributed by atoms with Crippen molar-refractivity contribution in [3.63, 3.8) is 0 Å². The zero-order chi connectivity index (χ0) is 48.3. The van der Waals surface area contributed by atoms with E-state index in [-0.39, 0.29) is 6.17 Å². The number of fused-ring (bicyclic) bond motifs is 12. The normalized spacial score (nSPS) is 14.2. The Morgan fingerprint density at radius 2 is 1.10 bits per heavy atom. The molecule has 1 unspecified atom stereocenters. The van der Waals surface area contributed by atoms with Crippen molar-refractivity contribution in [1.82, 2.24) is 14.5 Å². The largest absolute Gasteiger partial charge is 0.456 e. The molecule has 0 fully saturated rings. The van der Waals surface area contributed by atoms with E-state index >= 15 is 0 Å². The molecule has 0 bridgehead atoms. The maximum Gasteiger partial charge on any atom is 0.145 e. The van der Waals surface area contributed by atoms with Crippen LogP contribution >= 0.6 is 0 Å². The fourth-order valence-electron chi connectivity index (χ4n) is 12.0. The summed E-state index contributed by atoms with van der Waals surface area (Å²) in [5, 5.41) is 13.1. The third kappa shape index (κ3) is 6.33. The lowest BCUT2D eigenvalue weighted by atomic mass is 9.90. The zero-order valence-electron chi connectivity index (χ0n) is 40.2. The molecule has 0 saturated carbocycles. The van der Waals surface area contributed by atoms with Gasteiger partial charge >= 0.3 is 0 Å². The van der Waals surface area contributed by atoms with Crippen molar-refractivity contribution in [1.29, 1.82) is 0 Å². The fraction of sp³-hybridized carbons (Fsp3) is 0.0597. The number of rotatable bonds is 7. The van der Waals surface area contributed by atoms with Crippen LogP contribution in [-0.4, -0.2) is 14.8 Å². The molecule has 1 atom stereocenters. The van der Waals surface area contributed by atoms with Crippen LogP contribution < -0.4 is 5.32 Å². The molecule has 4 aromatic heterocycles. The summed E-state index contributed by atoms with van der Waals surface area (Å²) in [6, 6.07) is 78.5. The summed E-state index contributed by atoms with van der Waals surface area (Å²) in [6.45, 7) is 2.22. The molecule has 0 radical (unpaired) electrons. The van der Waals surface area contributed by atoms with Crippen molar-refractivity contribution in [3.05, 3.63) is 241 Å². The number of nitrogens with one attached hydrogen (secondary N) is 1. The monoisotopic (exact) mass is 938 g/mol. The topological polar surface area (TPSA) is 60.5 Å². The van der Waals surface area contributed by atoms with Gasteiger partial charge < -0.3 is 23.3 Å². The average Bonchev–Trinajstić information content (AvgIpc) is 4.20. The number of aromatic nitrogens is 2. The first-order valence-corrected chi connectivity index (χ1v) is 25.2. The lowest BCUT2D eigenvalue weighted by molar-refractivity contribution is 0.646. The Morgan fingerprint density at radius 1 is 0.452 bits per heavy atom. The molecule has 5 heterocycles. The Hall–Kier alpha value is -9.39. The van der Waals surface area contributed by atoms with Gasteiger partial charge in [-0.15, -0.1) is 0 Å². The van der Waals surface area contributed by atoms with E-state index in [1.807, 2.05) is 12.1 Å². The van der Waals surface area contributed by atoms with Crippen LogP contribution in [0.25, 0.3) is 121 Å². The van der Waals surface area contributed by atoms with E-state index in [2.05, 4.69) is 235 Å². The van der Waals surface area contributed by atoms with Crippen LogP contribution in [0.3, 0.4) is 0 Å². The number of hydrogen-bond donors (Lipinski definition) is 1. The van der Waals surface area contributed by atoms with Crippen molar-refractivity contribution in [2.24, 2.45) is 12.0 Å². The minimum Gasteiger partial charge on any atom is -0.456 e. The van der Waals surface area contributed by atoms with Gasteiger partial charge in [0.05, 0.1) is 22.3 Å². The number of nitrogens with zero attached hydrogens (tertiary/aromatic N) is 3. The third-order valence-electron chi connectivity index (χ3n) is 15.3. The predicted molar refractivity (Wildman–Crippen MR) is 303 cm³/mol. The first-order valence-electron chi connectivity index (χ1n) is 25.2. The third-order valence-corrected chi connectivity index (χ3v) is 15.3. The van der Waals surface area contributed by atoms with E-state index < -0.39 is 0 Å². The quantitative estimate of drug-likeness (QED) is 0.173. The summed E-state index contributed by atoms with van der Waals surface area (Å²) in [4.78, 5) is 5.66. The summed E-state index contributed by atoms with van der Waals surface area (Å²) in [6.07, 6.45) is 0.400. The van der Waals surface area contributed by atoms with E-state index in [1.54, 1.807) is 0 Å². The molecular formula is C67H46N4O2. The van der Waals surface area contributed by atoms with Crippen molar-refractivity contribution in [2.45, 2.75) is 19.5 Å². The molecule has 0 aliphatic carbocycles. The molecule has 73 heavy (non-hydrogen) atoms. The molecule has 0 amide bonds. The van der Waals surface area contributed by atoms with Gasteiger partial charge in [-0.25, -0.2) is 0 Å². The number of benzene rings is 10. The van der Waals surface area contributed by atoms with Gasteiger partial charge in [0.1, 0.15) is 28.5 Å². The standard InChI is InChI=1S/C67H46N4O2/c1-3-46-64(40-17-6-4-7-18-40)68-67(43-29-32-50-49-23-12-15-27-59(49)73-62(50)39-43)69-65(46)51-24-16-28-61-63(51)55-35-41(31-34-60(55)72-61)44-37-52(66-54(38-44)48-22-10-13-25-56(48)70(66)2)42-30-33-58-53(36-42)47-21-11-14-26-57(47)71(58)45-19-8-5-9-20-45/h4-39,67-68H,3H2,1-2H3. The van der Waals surface area contributed by atoms with E-state index in [9.17, 15) is 0 Å². The Morgan fingerprint density at radius 3 is 1.93 bits per heavy atom. The Kier molecular flexibility index (Phi) is 9.11. The van der Waals surface area contributed by atoms with Crippen molar-refractivity contribution in [3.8, 4) is 27.9 Å². The summed E-state index contributed by atoms with van der Waals surface area (Å²) in [5.41, 5.74) is 20.3. The summed E-state index contributed by atoms with van der Waals surface area (Å²) >= 11 is 0. The Bertz CT molecular complexity index is 4640. The SMILES string of the molecule is CCC1=C(c2ccccc2)NC(c2ccc3c(c2)oc2ccccc23)N=C1c1cccc2oc3ccc(-c4cc(-c5ccc6c(c5)c5ccccc5n6-c5ccccc5)c5c(c4)c4ccccc4n5C)cc3c12. The van der Waals surface area contributed by atoms with Crippen LogP contribution in [0.15, 0.2) is 238 Å². The molecule has 0 saturated heterocycles. The van der Waals surface area contributed by atoms with Crippen LogP contribution in [-0.2, 0) is 7.05 Å². The van der Waals surface area contributed by atoms with Crippen molar-refractivity contribution >= 4 is 98.9 Å². The van der Waals surface area contributed by atoms with Gasteiger partial charge in [0.2, 0.25) is 0 Å². The molecule has 6 heteroatoms. The van der Waals surface area contributed by atoms with Gasteiger partial charge in [0, 0.05) is 89.3 Å². The van der Waals surface area contributed by atoms with Crippen molar-refractivity contribution < 1.29 is 8.83 Å². The molecule has 1 aliphatic heterocycles. The predicted octanol–water partition coefficient (Wildman–Crippen LogP) is 17.5. The highest BCUT2D eigenvalue weighted by molar-refractivity contribution is 6.26. The van der Waals surface area contributed by atoms with Gasteiger partial charge in [-0.05, 0) is 108 Å². The molecule has 15 rings (SSSR count). The molecule has 1 aliphatic rings. The lowest BCUT2D eigenvalue weighted by Crippen LogP contribution is -2.28. The molecule has 0 spiro atoms. The average molecular weight is 939 g/mol. The lowest BCUT2D eigenvalue weighted by Gasteiger charge is -2.29. The number of para-hydroxylation sites is 4. The van der Waals surface area contributed by atoms with Crippen LogP contribution in [0.4, 0.5) is 0 Å². The minimum absolute atomic E-state index is 0.373.